The van der Waals surface area contributed by atoms with E-state index in [0.717, 1.165) is 12.8 Å². The van der Waals surface area contributed by atoms with Gasteiger partial charge in [0.15, 0.2) is 5.13 Å². The molecule has 1 aliphatic heterocycles. The molecule has 2 rings (SSSR count). The van der Waals surface area contributed by atoms with Crippen LogP contribution in [-0.4, -0.2) is 66.0 Å². The fraction of sp³-hybridized carbons (Fsp3) is 0.571. The van der Waals surface area contributed by atoms with Gasteiger partial charge < -0.3 is 21.5 Å². The Morgan fingerprint density at radius 2 is 2.12 bits per heavy atom. The van der Waals surface area contributed by atoms with Gasteiger partial charge in [-0.05, 0) is 19.9 Å². The van der Waals surface area contributed by atoms with E-state index >= 15 is 0 Å². The van der Waals surface area contributed by atoms with Gasteiger partial charge in [-0.25, -0.2) is 4.98 Å². The quantitative estimate of drug-likeness (QED) is 0.533. The third-order valence-electron chi connectivity index (χ3n) is 3.94. The molecule has 0 spiro atoms. The molecule has 2 heterocycles. The molecule has 9 nitrogen and oxygen atoms in total. The summed E-state index contributed by atoms with van der Waals surface area (Å²) in [5.41, 5.74) is 5.88. The Morgan fingerprint density at radius 1 is 1.50 bits per heavy atom. The first kappa shape index (κ1) is 19.8. The molecule has 1 fully saturated rings. The van der Waals surface area contributed by atoms with Crippen LogP contribution in [0.5, 0.6) is 0 Å². The minimum atomic E-state index is -0.250. The van der Waals surface area contributed by atoms with Gasteiger partial charge in [0.1, 0.15) is 5.69 Å². The van der Waals surface area contributed by atoms with Crippen LogP contribution in [0.15, 0.2) is 5.38 Å². The Bertz CT molecular complexity index is 565. The minimum absolute atomic E-state index is 0.0504. The lowest BCUT2D eigenvalue weighted by molar-refractivity contribution is -0.123. The highest BCUT2D eigenvalue weighted by Gasteiger charge is 2.31. The zero-order valence-corrected chi connectivity index (χ0v) is 14.5. The second-order valence-corrected chi connectivity index (χ2v) is 6.20. The predicted octanol–water partition coefficient (Wildman–Crippen LogP) is -0.245. The third-order valence-corrected chi connectivity index (χ3v) is 4.61. The lowest BCUT2D eigenvalue weighted by atomic mass is 10.1. The minimum Gasteiger partial charge on any atom is -0.483 e. The molecular weight excluding hydrogens is 334 g/mol. The number of rotatable bonds is 5. The molecule has 0 bridgehead atoms. The van der Waals surface area contributed by atoms with Crippen molar-refractivity contribution in [1.29, 1.82) is 0 Å². The first-order valence-electron chi connectivity index (χ1n) is 7.42. The maximum absolute atomic E-state index is 11.9. The highest BCUT2D eigenvalue weighted by Crippen LogP contribution is 2.24. The Morgan fingerprint density at radius 3 is 2.67 bits per heavy atom. The highest BCUT2D eigenvalue weighted by molar-refractivity contribution is 7.13. The van der Waals surface area contributed by atoms with Gasteiger partial charge >= 0.3 is 0 Å². The number of hydrogen-bond acceptors (Lipinski definition) is 7. The number of hydrogen-bond donors (Lipinski definition) is 4. The van der Waals surface area contributed by atoms with Crippen LogP contribution in [0.3, 0.4) is 0 Å². The lowest BCUT2D eigenvalue weighted by Gasteiger charge is -2.25. The van der Waals surface area contributed by atoms with E-state index < -0.39 is 0 Å². The van der Waals surface area contributed by atoms with E-state index in [4.69, 9.17) is 15.6 Å². The zero-order valence-electron chi connectivity index (χ0n) is 13.7. The third kappa shape index (κ3) is 5.78. The monoisotopic (exact) mass is 357 g/mol. The van der Waals surface area contributed by atoms with E-state index in [-0.39, 0.29) is 30.4 Å². The van der Waals surface area contributed by atoms with E-state index in [0.29, 0.717) is 23.8 Å². The number of carbonyl (C=O) groups is 3. The van der Waals surface area contributed by atoms with Crippen LogP contribution in [0.2, 0.25) is 0 Å². The van der Waals surface area contributed by atoms with Crippen LogP contribution in [-0.2, 0) is 9.59 Å². The number of likely N-dealkylation sites (N-methyl/N-ethyl adjacent to an activating group) is 1. The van der Waals surface area contributed by atoms with Crippen molar-refractivity contribution in [2.24, 2.45) is 0 Å². The van der Waals surface area contributed by atoms with Gasteiger partial charge in [-0.15, -0.1) is 11.3 Å². The molecular formula is C14H23N5O4S. The molecule has 1 aromatic heterocycles. The average molecular weight is 357 g/mol. The maximum atomic E-state index is 11.9. The first-order valence-corrected chi connectivity index (χ1v) is 8.30. The summed E-state index contributed by atoms with van der Waals surface area (Å²) in [4.78, 5) is 37.9. The van der Waals surface area contributed by atoms with E-state index in [9.17, 15) is 9.59 Å². The van der Waals surface area contributed by atoms with Gasteiger partial charge in [0.25, 0.3) is 12.4 Å². The van der Waals surface area contributed by atoms with E-state index in [2.05, 4.69) is 20.5 Å². The van der Waals surface area contributed by atoms with E-state index in [1.807, 2.05) is 7.05 Å². The SMILES string of the molecule is CNC(=O)C[C@H]1CC[C@@H](CNC(=O)c2csc(N)n2)N1C.O=CO. The topological polar surface area (TPSA) is 138 Å². The van der Waals surface area contributed by atoms with Crippen molar-refractivity contribution in [2.75, 3.05) is 26.4 Å². The van der Waals surface area contributed by atoms with Crippen molar-refractivity contribution >= 4 is 34.8 Å². The van der Waals surface area contributed by atoms with Crippen LogP contribution in [0, 0.1) is 0 Å². The average Bonchev–Trinajstić information content (AvgIpc) is 3.13. The number of nitrogens with one attached hydrogen (secondary N) is 2. The molecule has 10 heteroatoms. The highest BCUT2D eigenvalue weighted by atomic mass is 32.1. The number of carbonyl (C=O) groups excluding carboxylic acids is 2. The summed E-state index contributed by atoms with van der Waals surface area (Å²) >= 11 is 1.25. The molecule has 24 heavy (non-hydrogen) atoms. The smallest absolute Gasteiger partial charge is 0.290 e. The summed E-state index contributed by atoms with van der Waals surface area (Å²) in [6.07, 6.45) is 2.44. The van der Waals surface area contributed by atoms with Crippen LogP contribution in [0.1, 0.15) is 29.8 Å². The second kappa shape index (κ2) is 9.83. The van der Waals surface area contributed by atoms with Gasteiger partial charge in [0, 0.05) is 37.5 Å². The molecule has 0 radical (unpaired) electrons. The number of anilines is 1. The van der Waals surface area contributed by atoms with Crippen molar-refractivity contribution in [2.45, 2.75) is 31.3 Å². The Balaban J connectivity index is 0.000000891. The Kier molecular flexibility index (Phi) is 8.13. The molecule has 1 saturated heterocycles. The van der Waals surface area contributed by atoms with Crippen LogP contribution in [0.4, 0.5) is 5.13 Å². The summed E-state index contributed by atoms with van der Waals surface area (Å²) in [5, 5.41) is 14.5. The molecule has 1 aliphatic rings. The van der Waals surface area contributed by atoms with Crippen LogP contribution >= 0.6 is 11.3 Å². The molecule has 5 N–H and O–H groups in total. The molecule has 0 aliphatic carbocycles. The zero-order chi connectivity index (χ0) is 18.1. The number of thiazole rings is 1. The molecule has 2 atom stereocenters. The van der Waals surface area contributed by atoms with Crippen molar-refractivity contribution in [3.8, 4) is 0 Å². The normalized spacial score (nSPS) is 19.9. The predicted molar refractivity (Wildman–Crippen MR) is 90.8 cm³/mol. The lowest BCUT2D eigenvalue weighted by Crippen LogP contribution is -2.42. The number of nitrogens with zero attached hydrogens (tertiary/aromatic N) is 2. The molecule has 0 unspecified atom stereocenters. The summed E-state index contributed by atoms with van der Waals surface area (Å²) < 4.78 is 0. The molecule has 134 valence electrons. The van der Waals surface area contributed by atoms with Gasteiger partial charge in [-0.3, -0.25) is 19.3 Å². The Labute approximate surface area is 144 Å². The first-order chi connectivity index (χ1) is 11.4. The number of amides is 2. The number of carboxylic acid groups (broad SMARTS) is 1. The Hall–Kier alpha value is -2.20. The fourth-order valence-corrected chi connectivity index (χ4v) is 3.13. The number of aromatic nitrogens is 1. The van der Waals surface area contributed by atoms with Gasteiger partial charge in [0.2, 0.25) is 5.91 Å². The van der Waals surface area contributed by atoms with Gasteiger partial charge in [0.05, 0.1) is 0 Å². The number of nitrogens with two attached hydrogens (primary N) is 1. The fourth-order valence-electron chi connectivity index (χ4n) is 2.59. The molecule has 2 amide bonds. The van der Waals surface area contributed by atoms with Crippen molar-refractivity contribution < 1.29 is 19.5 Å². The van der Waals surface area contributed by atoms with Crippen molar-refractivity contribution in [3.05, 3.63) is 11.1 Å². The van der Waals surface area contributed by atoms with Crippen LogP contribution in [0.25, 0.3) is 0 Å². The summed E-state index contributed by atoms with van der Waals surface area (Å²) in [6, 6.07) is 0.487. The van der Waals surface area contributed by atoms with Crippen molar-refractivity contribution in [1.82, 2.24) is 20.5 Å². The largest absolute Gasteiger partial charge is 0.483 e. The summed E-state index contributed by atoms with van der Waals surface area (Å²) in [7, 11) is 3.65. The number of likely N-dealkylation sites (tertiary alicyclic amines) is 1. The van der Waals surface area contributed by atoms with E-state index in [1.165, 1.54) is 11.3 Å². The van der Waals surface area contributed by atoms with Gasteiger partial charge in [-0.1, -0.05) is 0 Å². The van der Waals surface area contributed by atoms with Crippen LogP contribution < -0.4 is 16.4 Å². The molecule has 0 aromatic carbocycles. The number of nitrogen functional groups attached to an aromatic ring is 1. The molecule has 1 aromatic rings. The summed E-state index contributed by atoms with van der Waals surface area (Å²) in [5.74, 6) is -0.152. The summed E-state index contributed by atoms with van der Waals surface area (Å²) in [6.45, 7) is 0.303. The van der Waals surface area contributed by atoms with Crippen molar-refractivity contribution in [3.63, 3.8) is 0 Å². The van der Waals surface area contributed by atoms with E-state index in [1.54, 1.807) is 12.4 Å². The maximum Gasteiger partial charge on any atom is 0.290 e. The second-order valence-electron chi connectivity index (χ2n) is 5.31. The molecule has 0 saturated carbocycles. The standard InChI is InChI=1S/C13H21N5O2S.CH2O2/c1-15-11(19)5-8-3-4-9(18(8)2)6-16-12(20)10-7-21-13(14)17-10;2-1-3/h7-9H,3-6H2,1-2H3,(H2,14,17)(H,15,19)(H,16,20);1H,(H,2,3)/t8-,9+;/m1./s1. The van der Waals surface area contributed by atoms with Gasteiger partial charge in [-0.2, -0.15) is 0 Å².